The number of aryl methyl sites for hydroxylation is 1. The third kappa shape index (κ3) is 1.16. The molecule has 0 bridgehead atoms. The summed E-state index contributed by atoms with van der Waals surface area (Å²) in [7, 11) is 0. The Morgan fingerprint density at radius 2 is 2.21 bits per heavy atom. The molecule has 1 aromatic heterocycles. The van der Waals surface area contributed by atoms with E-state index >= 15 is 0 Å². The summed E-state index contributed by atoms with van der Waals surface area (Å²) in [4.78, 5) is 4.48. The molecule has 0 amide bonds. The Balaban J connectivity index is 2.19. The van der Waals surface area contributed by atoms with Crippen LogP contribution in [0.2, 0.25) is 0 Å². The molecule has 1 aliphatic carbocycles. The van der Waals surface area contributed by atoms with Crippen molar-refractivity contribution in [3.05, 3.63) is 28.8 Å². The van der Waals surface area contributed by atoms with Crippen LogP contribution in [0, 0.1) is 6.92 Å². The lowest BCUT2D eigenvalue weighted by molar-refractivity contribution is 0.741. The third-order valence-electron chi connectivity index (χ3n) is 2.86. The molecular weight excluding hydrogens is 192 g/mol. The minimum absolute atomic E-state index is 0.0360. The molecule has 0 aliphatic heterocycles. The number of fused-ring (bicyclic) bond motifs is 1. The first-order chi connectivity index (χ1) is 6.67. The van der Waals surface area contributed by atoms with Crippen LogP contribution in [-0.2, 0) is 5.54 Å². The Bertz CT molecular complexity index is 497. The lowest BCUT2D eigenvalue weighted by atomic mass is 10.1. The SMILES string of the molecule is Cc1nc2cc(C3(N)CC3)ccc2s1. The highest BCUT2D eigenvalue weighted by Crippen LogP contribution is 2.43. The van der Waals surface area contributed by atoms with Gasteiger partial charge in [-0.25, -0.2) is 4.98 Å². The van der Waals surface area contributed by atoms with Gasteiger partial charge < -0.3 is 5.73 Å². The molecule has 1 aromatic carbocycles. The van der Waals surface area contributed by atoms with Crippen molar-refractivity contribution in [3.63, 3.8) is 0 Å². The normalized spacial score (nSPS) is 18.7. The first kappa shape index (κ1) is 8.38. The van der Waals surface area contributed by atoms with Gasteiger partial charge >= 0.3 is 0 Å². The molecule has 14 heavy (non-hydrogen) atoms. The number of nitrogens with two attached hydrogens (primary N) is 1. The predicted molar refractivity (Wildman–Crippen MR) is 59.5 cm³/mol. The Hall–Kier alpha value is -0.930. The van der Waals surface area contributed by atoms with E-state index in [1.165, 1.54) is 10.3 Å². The second-order valence-corrected chi connectivity index (χ2v) is 5.31. The van der Waals surface area contributed by atoms with E-state index in [1.54, 1.807) is 11.3 Å². The molecule has 0 unspecified atom stereocenters. The highest BCUT2D eigenvalue weighted by molar-refractivity contribution is 7.18. The highest BCUT2D eigenvalue weighted by atomic mass is 32.1. The molecule has 3 rings (SSSR count). The summed E-state index contributed by atoms with van der Waals surface area (Å²) in [6, 6.07) is 6.43. The predicted octanol–water partition coefficient (Wildman–Crippen LogP) is 2.55. The van der Waals surface area contributed by atoms with Gasteiger partial charge in [0.15, 0.2) is 0 Å². The first-order valence-electron chi connectivity index (χ1n) is 4.84. The van der Waals surface area contributed by atoms with Gasteiger partial charge in [0, 0.05) is 5.54 Å². The molecular formula is C11H12N2S. The van der Waals surface area contributed by atoms with Gasteiger partial charge in [-0.15, -0.1) is 11.3 Å². The van der Waals surface area contributed by atoms with E-state index in [0.29, 0.717) is 0 Å². The van der Waals surface area contributed by atoms with Crippen molar-refractivity contribution in [2.75, 3.05) is 0 Å². The van der Waals surface area contributed by atoms with E-state index in [1.807, 2.05) is 6.92 Å². The third-order valence-corrected chi connectivity index (χ3v) is 3.81. The van der Waals surface area contributed by atoms with Crippen LogP contribution < -0.4 is 5.73 Å². The molecule has 1 heterocycles. The minimum atomic E-state index is -0.0360. The number of benzene rings is 1. The van der Waals surface area contributed by atoms with Crippen LogP contribution in [0.4, 0.5) is 0 Å². The maximum Gasteiger partial charge on any atom is 0.0907 e. The molecule has 0 atom stereocenters. The second kappa shape index (κ2) is 2.55. The standard InChI is InChI=1S/C11H12N2S/c1-7-13-9-6-8(11(12)4-5-11)2-3-10(9)14-7/h2-3,6H,4-5,12H2,1H3. The van der Waals surface area contributed by atoms with Crippen molar-refractivity contribution in [2.24, 2.45) is 5.73 Å². The monoisotopic (exact) mass is 204 g/mol. The van der Waals surface area contributed by atoms with Crippen molar-refractivity contribution >= 4 is 21.6 Å². The number of nitrogens with zero attached hydrogens (tertiary/aromatic N) is 1. The van der Waals surface area contributed by atoms with Gasteiger partial charge in [-0.3, -0.25) is 0 Å². The van der Waals surface area contributed by atoms with E-state index < -0.39 is 0 Å². The summed E-state index contributed by atoms with van der Waals surface area (Å²) in [6.45, 7) is 2.04. The lowest BCUT2D eigenvalue weighted by Gasteiger charge is -2.07. The van der Waals surface area contributed by atoms with E-state index in [0.717, 1.165) is 23.4 Å². The van der Waals surface area contributed by atoms with Crippen molar-refractivity contribution in [1.29, 1.82) is 0 Å². The van der Waals surface area contributed by atoms with Crippen LogP contribution in [0.3, 0.4) is 0 Å². The van der Waals surface area contributed by atoms with Crippen molar-refractivity contribution < 1.29 is 0 Å². The number of aromatic nitrogens is 1. The number of hydrogen-bond donors (Lipinski definition) is 1. The summed E-state index contributed by atoms with van der Waals surface area (Å²) in [6.07, 6.45) is 2.23. The summed E-state index contributed by atoms with van der Waals surface area (Å²) in [5.74, 6) is 0. The maximum atomic E-state index is 6.14. The summed E-state index contributed by atoms with van der Waals surface area (Å²) >= 11 is 1.74. The smallest absolute Gasteiger partial charge is 0.0907 e. The van der Waals surface area contributed by atoms with Gasteiger partial charge in [-0.05, 0) is 37.5 Å². The van der Waals surface area contributed by atoms with Crippen molar-refractivity contribution in [2.45, 2.75) is 25.3 Å². The number of rotatable bonds is 1. The van der Waals surface area contributed by atoms with Gasteiger partial charge in [0.1, 0.15) is 0 Å². The van der Waals surface area contributed by atoms with Crippen LogP contribution in [0.1, 0.15) is 23.4 Å². The summed E-state index contributed by atoms with van der Waals surface area (Å²) < 4.78 is 1.26. The molecule has 2 N–H and O–H groups in total. The Morgan fingerprint density at radius 3 is 2.93 bits per heavy atom. The quantitative estimate of drug-likeness (QED) is 0.775. The topological polar surface area (TPSA) is 38.9 Å². The molecule has 0 saturated heterocycles. The molecule has 2 nitrogen and oxygen atoms in total. The van der Waals surface area contributed by atoms with Crippen molar-refractivity contribution in [3.8, 4) is 0 Å². The van der Waals surface area contributed by atoms with Gasteiger partial charge in [0.05, 0.1) is 15.2 Å². The Morgan fingerprint density at radius 1 is 1.43 bits per heavy atom. The zero-order chi connectivity index (χ0) is 9.76. The lowest BCUT2D eigenvalue weighted by Crippen LogP contribution is -2.18. The minimum Gasteiger partial charge on any atom is -0.321 e. The summed E-state index contributed by atoms with van der Waals surface area (Å²) in [5.41, 5.74) is 8.45. The van der Waals surface area contributed by atoms with Crippen LogP contribution in [0.25, 0.3) is 10.2 Å². The fourth-order valence-corrected chi connectivity index (χ4v) is 2.58. The van der Waals surface area contributed by atoms with E-state index in [4.69, 9.17) is 5.73 Å². The zero-order valence-electron chi connectivity index (χ0n) is 8.08. The van der Waals surface area contributed by atoms with Gasteiger partial charge in [-0.1, -0.05) is 6.07 Å². The second-order valence-electron chi connectivity index (χ2n) is 4.07. The average molecular weight is 204 g/mol. The van der Waals surface area contributed by atoms with Crippen molar-refractivity contribution in [1.82, 2.24) is 4.98 Å². The van der Waals surface area contributed by atoms with E-state index in [2.05, 4.69) is 23.2 Å². The van der Waals surface area contributed by atoms with Crippen LogP contribution in [0.5, 0.6) is 0 Å². The van der Waals surface area contributed by atoms with Gasteiger partial charge in [-0.2, -0.15) is 0 Å². The van der Waals surface area contributed by atoms with Crippen LogP contribution in [-0.4, -0.2) is 4.98 Å². The van der Waals surface area contributed by atoms with Gasteiger partial charge in [0.25, 0.3) is 0 Å². The maximum absolute atomic E-state index is 6.14. The molecule has 72 valence electrons. The summed E-state index contributed by atoms with van der Waals surface area (Å²) in [5, 5.41) is 1.12. The highest BCUT2D eigenvalue weighted by Gasteiger charge is 2.40. The van der Waals surface area contributed by atoms with Crippen LogP contribution >= 0.6 is 11.3 Å². The molecule has 0 radical (unpaired) electrons. The molecule has 0 spiro atoms. The Kier molecular flexibility index (Phi) is 1.53. The average Bonchev–Trinajstić information content (AvgIpc) is 2.79. The Labute approximate surface area is 86.8 Å². The van der Waals surface area contributed by atoms with E-state index in [-0.39, 0.29) is 5.54 Å². The largest absolute Gasteiger partial charge is 0.321 e. The molecule has 2 aromatic rings. The fourth-order valence-electron chi connectivity index (χ4n) is 1.78. The fraction of sp³-hybridized carbons (Fsp3) is 0.364. The molecule has 1 saturated carbocycles. The molecule has 3 heteroatoms. The number of thiazole rings is 1. The first-order valence-corrected chi connectivity index (χ1v) is 5.66. The van der Waals surface area contributed by atoms with Gasteiger partial charge in [0.2, 0.25) is 0 Å². The zero-order valence-corrected chi connectivity index (χ0v) is 8.90. The molecule has 1 aliphatic rings. The molecule has 1 fully saturated rings. The van der Waals surface area contributed by atoms with E-state index in [9.17, 15) is 0 Å². The number of hydrogen-bond acceptors (Lipinski definition) is 3. The van der Waals surface area contributed by atoms with Crippen LogP contribution in [0.15, 0.2) is 18.2 Å².